The number of benzene rings is 1. The fourth-order valence-corrected chi connectivity index (χ4v) is 3.42. The van der Waals surface area contributed by atoms with Gasteiger partial charge in [0.25, 0.3) is 0 Å². The van der Waals surface area contributed by atoms with Crippen molar-refractivity contribution in [3.63, 3.8) is 0 Å². The average molecular weight is 324 g/mol. The number of nitrogens with two attached hydrogens (primary N) is 1. The van der Waals surface area contributed by atoms with Gasteiger partial charge in [0.05, 0.1) is 18.1 Å². The summed E-state index contributed by atoms with van der Waals surface area (Å²) in [5.41, 5.74) is 6.82. The van der Waals surface area contributed by atoms with Gasteiger partial charge in [0.1, 0.15) is 10.7 Å². The quantitative estimate of drug-likeness (QED) is 0.795. The second-order valence-corrected chi connectivity index (χ2v) is 6.87. The van der Waals surface area contributed by atoms with Crippen molar-refractivity contribution in [2.24, 2.45) is 5.73 Å². The molecule has 0 saturated heterocycles. The molecule has 0 saturated carbocycles. The predicted molar refractivity (Wildman–Crippen MR) is 85.2 cm³/mol. The van der Waals surface area contributed by atoms with Crippen LogP contribution >= 0.6 is 12.2 Å². The van der Waals surface area contributed by atoms with Crippen LogP contribution in [0.2, 0.25) is 0 Å². The highest BCUT2D eigenvalue weighted by atomic mass is 32.2. The highest BCUT2D eigenvalue weighted by Gasteiger charge is 2.18. The molecule has 1 atom stereocenters. The number of furan rings is 1. The summed E-state index contributed by atoms with van der Waals surface area (Å²) in [5, 5.41) is 0. The van der Waals surface area contributed by atoms with E-state index in [2.05, 4.69) is 4.72 Å². The highest BCUT2D eigenvalue weighted by Crippen LogP contribution is 2.15. The third kappa shape index (κ3) is 4.38. The Kier molecular flexibility index (Phi) is 4.76. The van der Waals surface area contributed by atoms with Crippen LogP contribution in [-0.2, 0) is 15.8 Å². The fraction of sp³-hybridized carbons (Fsp3) is 0.214. The van der Waals surface area contributed by atoms with E-state index in [4.69, 9.17) is 22.4 Å². The third-order valence-corrected chi connectivity index (χ3v) is 4.56. The minimum atomic E-state index is -3.50. The van der Waals surface area contributed by atoms with E-state index in [9.17, 15) is 8.42 Å². The Bertz CT molecular complexity index is 724. The molecule has 3 N–H and O–H groups in total. The van der Waals surface area contributed by atoms with Crippen LogP contribution in [0.4, 0.5) is 0 Å². The summed E-state index contributed by atoms with van der Waals surface area (Å²) in [4.78, 5) is 0.242. The molecule has 1 unspecified atom stereocenters. The van der Waals surface area contributed by atoms with Crippen molar-refractivity contribution in [3.8, 4) is 0 Å². The molecule has 0 fully saturated rings. The average Bonchev–Trinajstić information content (AvgIpc) is 2.91. The summed E-state index contributed by atoms with van der Waals surface area (Å²) >= 11 is 4.89. The van der Waals surface area contributed by atoms with E-state index < -0.39 is 16.1 Å². The standard InChI is InChI=1S/C14H16N2O3S2/c1-10(13-6-3-7-19-13)16-21(17,18)9-11-4-2-5-12(8-11)14(15)20/h2-8,10,16H,9H2,1H3,(H2,15,20). The summed E-state index contributed by atoms with van der Waals surface area (Å²) in [7, 11) is -3.50. The van der Waals surface area contributed by atoms with Gasteiger partial charge in [0, 0.05) is 5.56 Å². The van der Waals surface area contributed by atoms with E-state index in [0.29, 0.717) is 16.9 Å². The number of hydrogen-bond acceptors (Lipinski definition) is 4. The number of hydrogen-bond donors (Lipinski definition) is 2. The molecule has 21 heavy (non-hydrogen) atoms. The number of thiocarbonyl (C=S) groups is 1. The maximum Gasteiger partial charge on any atom is 0.216 e. The van der Waals surface area contributed by atoms with Gasteiger partial charge in [-0.2, -0.15) is 0 Å². The van der Waals surface area contributed by atoms with Crippen LogP contribution in [0.25, 0.3) is 0 Å². The second kappa shape index (κ2) is 6.38. The molecule has 5 nitrogen and oxygen atoms in total. The molecule has 0 aliphatic heterocycles. The van der Waals surface area contributed by atoms with E-state index >= 15 is 0 Å². The Morgan fingerprint density at radius 3 is 2.76 bits per heavy atom. The van der Waals surface area contributed by atoms with Gasteiger partial charge in [0.2, 0.25) is 10.0 Å². The van der Waals surface area contributed by atoms with Gasteiger partial charge in [-0.3, -0.25) is 0 Å². The van der Waals surface area contributed by atoms with Gasteiger partial charge < -0.3 is 10.2 Å². The fourth-order valence-electron chi connectivity index (χ4n) is 1.94. The first-order chi connectivity index (χ1) is 9.87. The molecule has 2 aromatic rings. The summed E-state index contributed by atoms with van der Waals surface area (Å²) in [6.07, 6.45) is 1.51. The van der Waals surface area contributed by atoms with E-state index in [1.54, 1.807) is 43.3 Å². The predicted octanol–water partition coefficient (Wildman–Crippen LogP) is 2.09. The van der Waals surface area contributed by atoms with E-state index in [1.165, 1.54) is 6.26 Å². The van der Waals surface area contributed by atoms with Crippen LogP contribution in [-0.4, -0.2) is 13.4 Å². The SMILES string of the molecule is CC(NS(=O)(=O)Cc1cccc(C(N)=S)c1)c1ccco1. The lowest BCUT2D eigenvalue weighted by atomic mass is 10.1. The number of sulfonamides is 1. The van der Waals surface area contributed by atoms with Crippen molar-refractivity contribution >= 4 is 27.2 Å². The maximum atomic E-state index is 12.2. The van der Waals surface area contributed by atoms with Gasteiger partial charge >= 0.3 is 0 Å². The Hall–Kier alpha value is -1.70. The lowest BCUT2D eigenvalue weighted by Crippen LogP contribution is -2.28. The first kappa shape index (κ1) is 15.7. The summed E-state index contributed by atoms with van der Waals surface area (Å²) in [6.45, 7) is 1.72. The first-order valence-electron chi connectivity index (χ1n) is 6.29. The van der Waals surface area contributed by atoms with Crippen molar-refractivity contribution < 1.29 is 12.8 Å². The Morgan fingerprint density at radius 1 is 1.38 bits per heavy atom. The molecule has 2 rings (SSSR count). The zero-order valence-corrected chi connectivity index (χ0v) is 13.1. The number of nitrogens with one attached hydrogen (secondary N) is 1. The van der Waals surface area contributed by atoms with Crippen molar-refractivity contribution in [2.75, 3.05) is 0 Å². The molecule has 1 aromatic heterocycles. The second-order valence-electron chi connectivity index (χ2n) is 4.68. The Balaban J connectivity index is 2.10. The molecular formula is C14H16N2O3S2. The normalized spacial score (nSPS) is 13.0. The van der Waals surface area contributed by atoms with Crippen molar-refractivity contribution in [1.82, 2.24) is 4.72 Å². The lowest BCUT2D eigenvalue weighted by molar-refractivity contribution is 0.459. The van der Waals surface area contributed by atoms with Gasteiger partial charge in [0.15, 0.2) is 0 Å². The molecule has 0 aliphatic rings. The van der Waals surface area contributed by atoms with Gasteiger partial charge in [-0.25, -0.2) is 13.1 Å². The Morgan fingerprint density at radius 2 is 2.14 bits per heavy atom. The van der Waals surface area contributed by atoms with Crippen molar-refractivity contribution in [1.29, 1.82) is 0 Å². The molecule has 1 aromatic carbocycles. The minimum absolute atomic E-state index is 0.144. The number of rotatable bonds is 6. The zero-order chi connectivity index (χ0) is 15.5. The molecule has 0 amide bonds. The molecule has 0 aliphatic carbocycles. The maximum absolute atomic E-state index is 12.2. The largest absolute Gasteiger partial charge is 0.468 e. The monoisotopic (exact) mass is 324 g/mol. The summed E-state index contributed by atoms with van der Waals surface area (Å²) in [6, 6.07) is 9.89. The van der Waals surface area contributed by atoms with Crippen molar-refractivity contribution in [2.45, 2.75) is 18.7 Å². The van der Waals surface area contributed by atoms with Crippen LogP contribution in [0.3, 0.4) is 0 Å². The topological polar surface area (TPSA) is 85.3 Å². The van der Waals surface area contributed by atoms with Crippen LogP contribution in [0, 0.1) is 0 Å². The third-order valence-electron chi connectivity index (χ3n) is 2.89. The molecule has 0 bridgehead atoms. The summed E-state index contributed by atoms with van der Waals surface area (Å²) in [5.74, 6) is 0.421. The lowest BCUT2D eigenvalue weighted by Gasteiger charge is -2.12. The smallest absolute Gasteiger partial charge is 0.216 e. The van der Waals surface area contributed by atoms with Gasteiger partial charge in [-0.15, -0.1) is 0 Å². The molecule has 0 radical (unpaired) electrons. The molecule has 0 spiro atoms. The van der Waals surface area contributed by atoms with Gasteiger partial charge in [-0.1, -0.05) is 30.4 Å². The van der Waals surface area contributed by atoms with Crippen LogP contribution in [0.15, 0.2) is 47.1 Å². The van der Waals surface area contributed by atoms with Crippen LogP contribution in [0.5, 0.6) is 0 Å². The summed E-state index contributed by atoms with van der Waals surface area (Å²) < 4.78 is 32.1. The Labute approximate surface area is 129 Å². The molecular weight excluding hydrogens is 308 g/mol. The van der Waals surface area contributed by atoms with Crippen molar-refractivity contribution in [3.05, 3.63) is 59.5 Å². The van der Waals surface area contributed by atoms with Crippen LogP contribution in [0.1, 0.15) is 29.9 Å². The van der Waals surface area contributed by atoms with E-state index in [-0.39, 0.29) is 10.7 Å². The van der Waals surface area contributed by atoms with E-state index in [1.807, 2.05) is 0 Å². The van der Waals surface area contributed by atoms with Gasteiger partial charge in [-0.05, 0) is 30.7 Å². The molecule has 1 heterocycles. The highest BCUT2D eigenvalue weighted by molar-refractivity contribution is 7.88. The molecule has 112 valence electrons. The van der Waals surface area contributed by atoms with E-state index in [0.717, 1.165) is 0 Å². The minimum Gasteiger partial charge on any atom is -0.468 e. The first-order valence-corrected chi connectivity index (χ1v) is 8.35. The zero-order valence-electron chi connectivity index (χ0n) is 11.4. The molecule has 7 heteroatoms. The van der Waals surface area contributed by atoms with Crippen LogP contribution < -0.4 is 10.5 Å².